The van der Waals surface area contributed by atoms with Crippen molar-refractivity contribution in [1.82, 2.24) is 15.0 Å². The molecule has 1 atom stereocenters. The van der Waals surface area contributed by atoms with Crippen LogP contribution in [-0.4, -0.2) is 34.5 Å². The number of rotatable bonds is 6. The fourth-order valence-corrected chi connectivity index (χ4v) is 3.30. The molecule has 0 spiro atoms. The molecule has 2 rings (SSSR count). The lowest BCUT2D eigenvalue weighted by atomic mass is 10.2. The summed E-state index contributed by atoms with van der Waals surface area (Å²) < 4.78 is 4.93. The second-order valence-corrected chi connectivity index (χ2v) is 6.49. The zero-order valence-electron chi connectivity index (χ0n) is 13.6. The van der Waals surface area contributed by atoms with Crippen LogP contribution in [0.3, 0.4) is 0 Å². The van der Waals surface area contributed by atoms with E-state index in [4.69, 9.17) is 4.52 Å². The quantitative estimate of drug-likeness (QED) is 0.885. The molecular formula is C15H22N4O2S. The molecule has 2 aromatic heterocycles. The Hall–Kier alpha value is -1.73. The van der Waals surface area contributed by atoms with Crippen molar-refractivity contribution in [3.63, 3.8) is 0 Å². The lowest BCUT2D eigenvalue weighted by Gasteiger charge is -2.23. The van der Waals surface area contributed by atoms with Crippen molar-refractivity contribution < 1.29 is 9.32 Å². The van der Waals surface area contributed by atoms with Gasteiger partial charge in [-0.1, -0.05) is 12.1 Å². The van der Waals surface area contributed by atoms with Crippen molar-refractivity contribution in [1.29, 1.82) is 0 Å². The third-order valence-corrected chi connectivity index (χ3v) is 4.98. The van der Waals surface area contributed by atoms with Gasteiger partial charge in [-0.2, -0.15) is 0 Å². The predicted molar refractivity (Wildman–Crippen MR) is 87.1 cm³/mol. The van der Waals surface area contributed by atoms with Gasteiger partial charge >= 0.3 is 0 Å². The van der Waals surface area contributed by atoms with Gasteiger partial charge in [-0.15, -0.1) is 11.3 Å². The van der Waals surface area contributed by atoms with E-state index in [0.29, 0.717) is 11.6 Å². The number of thiazole rings is 1. The summed E-state index contributed by atoms with van der Waals surface area (Å²) in [7, 11) is 1.93. The Morgan fingerprint density at radius 1 is 1.50 bits per heavy atom. The van der Waals surface area contributed by atoms with E-state index in [1.807, 2.05) is 18.9 Å². The van der Waals surface area contributed by atoms with Gasteiger partial charge in [0.25, 0.3) is 0 Å². The molecule has 1 N–H and O–H groups in total. The minimum Gasteiger partial charge on any atom is -0.360 e. The monoisotopic (exact) mass is 322 g/mol. The molecule has 0 aliphatic carbocycles. The molecule has 2 heterocycles. The first-order valence-corrected chi connectivity index (χ1v) is 8.12. The molecule has 0 radical (unpaired) electrons. The maximum Gasteiger partial charge on any atom is 0.239 e. The van der Waals surface area contributed by atoms with Crippen LogP contribution in [0.1, 0.15) is 41.2 Å². The Morgan fingerprint density at radius 3 is 2.77 bits per heavy atom. The van der Waals surface area contributed by atoms with Crippen molar-refractivity contribution in [2.45, 2.75) is 40.2 Å². The molecule has 0 bridgehead atoms. The van der Waals surface area contributed by atoms with Crippen molar-refractivity contribution in [2.24, 2.45) is 0 Å². The van der Waals surface area contributed by atoms with Crippen molar-refractivity contribution in [3.05, 3.63) is 27.4 Å². The summed E-state index contributed by atoms with van der Waals surface area (Å²) in [6.45, 7) is 8.28. The van der Waals surface area contributed by atoms with Gasteiger partial charge in [0, 0.05) is 17.0 Å². The zero-order chi connectivity index (χ0) is 16.3. The summed E-state index contributed by atoms with van der Waals surface area (Å²) in [4.78, 5) is 19.8. The summed E-state index contributed by atoms with van der Waals surface area (Å²) in [6, 6.07) is 1.84. The van der Waals surface area contributed by atoms with Gasteiger partial charge in [-0.3, -0.25) is 9.69 Å². The Labute approximate surface area is 134 Å². The van der Waals surface area contributed by atoms with E-state index in [-0.39, 0.29) is 18.5 Å². The Balaban J connectivity index is 1.96. The third kappa shape index (κ3) is 3.92. The van der Waals surface area contributed by atoms with Crippen LogP contribution in [0.2, 0.25) is 0 Å². The van der Waals surface area contributed by atoms with Crippen LogP contribution < -0.4 is 5.32 Å². The highest BCUT2D eigenvalue weighted by Gasteiger charge is 2.20. The molecule has 0 aliphatic heterocycles. The number of nitrogens with one attached hydrogen (secondary N) is 1. The van der Waals surface area contributed by atoms with Crippen LogP contribution in [0.15, 0.2) is 10.6 Å². The van der Waals surface area contributed by atoms with Gasteiger partial charge in [-0.05, 0) is 34.2 Å². The minimum absolute atomic E-state index is 0.111. The fourth-order valence-electron chi connectivity index (χ4n) is 2.18. The highest BCUT2D eigenvalue weighted by atomic mass is 32.1. The molecule has 0 aliphatic rings. The largest absolute Gasteiger partial charge is 0.360 e. The minimum atomic E-state index is -0.111. The number of carbonyl (C=O) groups excluding carboxylic acids is 1. The lowest BCUT2D eigenvalue weighted by Crippen LogP contribution is -2.32. The highest BCUT2D eigenvalue weighted by Crippen LogP contribution is 2.28. The van der Waals surface area contributed by atoms with Gasteiger partial charge < -0.3 is 9.84 Å². The maximum absolute atomic E-state index is 12.1. The van der Waals surface area contributed by atoms with Crippen molar-refractivity contribution in [2.75, 3.05) is 18.9 Å². The van der Waals surface area contributed by atoms with Crippen LogP contribution >= 0.6 is 11.3 Å². The van der Waals surface area contributed by atoms with Gasteiger partial charge in [0.05, 0.1) is 17.2 Å². The second-order valence-electron chi connectivity index (χ2n) is 5.37. The summed E-state index contributed by atoms with van der Waals surface area (Å²) >= 11 is 1.72. The molecule has 7 heteroatoms. The molecule has 0 aromatic carbocycles. The van der Waals surface area contributed by atoms with Gasteiger partial charge in [0.2, 0.25) is 5.91 Å². The second kappa shape index (κ2) is 7.02. The molecule has 22 heavy (non-hydrogen) atoms. The molecule has 1 amide bonds. The average molecular weight is 322 g/mol. The zero-order valence-corrected chi connectivity index (χ0v) is 14.5. The first-order valence-electron chi connectivity index (χ1n) is 7.30. The van der Waals surface area contributed by atoms with E-state index < -0.39 is 0 Å². The molecule has 0 saturated heterocycles. The number of likely N-dealkylation sites (N-methyl/N-ethyl adjacent to an activating group) is 1. The summed E-state index contributed by atoms with van der Waals surface area (Å²) in [5, 5.41) is 7.63. The maximum atomic E-state index is 12.1. The van der Waals surface area contributed by atoms with E-state index in [9.17, 15) is 4.79 Å². The number of aromatic nitrogens is 2. The van der Waals surface area contributed by atoms with E-state index in [1.165, 1.54) is 4.88 Å². The summed E-state index contributed by atoms with van der Waals surface area (Å²) in [5.74, 6) is 1.01. The Kier molecular flexibility index (Phi) is 5.31. The van der Waals surface area contributed by atoms with Crippen LogP contribution in [-0.2, 0) is 11.2 Å². The molecule has 1 unspecified atom stereocenters. The molecule has 120 valence electrons. The van der Waals surface area contributed by atoms with Crippen molar-refractivity contribution in [3.8, 4) is 0 Å². The predicted octanol–water partition coefficient (Wildman–Crippen LogP) is 2.94. The van der Waals surface area contributed by atoms with Gasteiger partial charge in [0.15, 0.2) is 5.82 Å². The fraction of sp³-hybridized carbons (Fsp3) is 0.533. The molecule has 0 saturated carbocycles. The number of amides is 1. The topological polar surface area (TPSA) is 71.3 Å². The first kappa shape index (κ1) is 16.6. The number of carbonyl (C=O) groups is 1. The van der Waals surface area contributed by atoms with E-state index in [1.54, 1.807) is 24.3 Å². The average Bonchev–Trinajstić information content (AvgIpc) is 3.03. The van der Waals surface area contributed by atoms with E-state index in [0.717, 1.165) is 17.1 Å². The van der Waals surface area contributed by atoms with Crippen LogP contribution in [0.25, 0.3) is 0 Å². The van der Waals surface area contributed by atoms with Crippen LogP contribution in [0.4, 0.5) is 5.82 Å². The first-order chi connectivity index (χ1) is 10.4. The Morgan fingerprint density at radius 2 is 2.23 bits per heavy atom. The smallest absolute Gasteiger partial charge is 0.239 e. The SMILES string of the molecule is CCc1nc(C)c(C(C)N(C)CC(=O)Nc2cc(C)on2)s1. The van der Waals surface area contributed by atoms with Crippen LogP contribution in [0.5, 0.6) is 0 Å². The molecule has 6 nitrogen and oxygen atoms in total. The number of hydrogen-bond donors (Lipinski definition) is 1. The lowest BCUT2D eigenvalue weighted by molar-refractivity contribution is -0.117. The number of aryl methyl sites for hydroxylation is 3. The summed E-state index contributed by atoms with van der Waals surface area (Å²) in [6.07, 6.45) is 0.938. The van der Waals surface area contributed by atoms with Gasteiger partial charge in [-0.25, -0.2) is 4.98 Å². The standard InChI is InChI=1S/C15H22N4O2S/c1-6-14-16-10(3)15(22-14)11(4)19(5)8-13(20)17-12-7-9(2)21-18-12/h7,11H,6,8H2,1-5H3,(H,17,18,20). The van der Waals surface area contributed by atoms with Gasteiger partial charge in [0.1, 0.15) is 5.76 Å². The molecule has 0 fully saturated rings. The van der Waals surface area contributed by atoms with Crippen LogP contribution in [0, 0.1) is 13.8 Å². The number of anilines is 1. The Bertz CT molecular complexity index is 650. The third-order valence-electron chi connectivity index (χ3n) is 3.51. The van der Waals surface area contributed by atoms with E-state index >= 15 is 0 Å². The van der Waals surface area contributed by atoms with Crippen molar-refractivity contribution >= 4 is 23.1 Å². The normalized spacial score (nSPS) is 12.6. The number of nitrogens with zero attached hydrogens (tertiary/aromatic N) is 3. The number of hydrogen-bond acceptors (Lipinski definition) is 6. The molecular weight excluding hydrogens is 300 g/mol. The highest BCUT2D eigenvalue weighted by molar-refractivity contribution is 7.11. The van der Waals surface area contributed by atoms with E-state index in [2.05, 4.69) is 29.3 Å². The molecule has 2 aromatic rings. The summed E-state index contributed by atoms with van der Waals surface area (Å²) in [5.41, 5.74) is 1.05.